The van der Waals surface area contributed by atoms with E-state index in [2.05, 4.69) is 5.10 Å². The van der Waals surface area contributed by atoms with Crippen molar-refractivity contribution in [1.82, 2.24) is 9.78 Å². The molecular weight excluding hydrogens is 382 g/mol. The molecule has 2 aromatic carbocycles. The number of hydrogen-bond acceptors (Lipinski definition) is 5. The van der Waals surface area contributed by atoms with E-state index in [0.29, 0.717) is 18.0 Å². The van der Waals surface area contributed by atoms with Crippen LogP contribution in [-0.4, -0.2) is 27.5 Å². The molecule has 0 atom stereocenters. The van der Waals surface area contributed by atoms with E-state index in [1.807, 2.05) is 26.0 Å². The zero-order valence-corrected chi connectivity index (χ0v) is 16.5. The van der Waals surface area contributed by atoms with Gasteiger partial charge in [-0.2, -0.15) is 15.0 Å². The van der Waals surface area contributed by atoms with Crippen LogP contribution in [0, 0.1) is 18.3 Å². The summed E-state index contributed by atoms with van der Waals surface area (Å²) in [4.78, 5) is 24.7. The van der Waals surface area contributed by atoms with Crippen LogP contribution >= 0.6 is 0 Å². The molecule has 0 amide bonds. The maximum Gasteiger partial charge on any atom is 0.357 e. The molecule has 0 spiro atoms. The summed E-state index contributed by atoms with van der Waals surface area (Å²) >= 11 is 0. The first-order valence-electron chi connectivity index (χ1n) is 9.23. The highest BCUT2D eigenvalue weighted by Crippen LogP contribution is 2.18. The van der Waals surface area contributed by atoms with Gasteiger partial charge in [-0.1, -0.05) is 36.4 Å². The second-order valence-electron chi connectivity index (χ2n) is 6.45. The van der Waals surface area contributed by atoms with Gasteiger partial charge in [-0.25, -0.2) is 4.79 Å². The standard InChI is InChI=1S/C23H19N3O4/c1-3-30-18-10-7-16(8-11-18)9-12-19-20(14-24)22(27)26(25-21(19)23(28)29)17-6-4-5-15(2)13-17/h4-13H,3H2,1-2H3,(H,28,29)/b12-9-. The van der Waals surface area contributed by atoms with Gasteiger partial charge in [0.05, 0.1) is 12.3 Å². The van der Waals surface area contributed by atoms with E-state index in [1.54, 1.807) is 48.5 Å². The van der Waals surface area contributed by atoms with Crippen LogP contribution in [-0.2, 0) is 0 Å². The molecule has 0 unspecified atom stereocenters. The third kappa shape index (κ3) is 4.28. The number of ether oxygens (including phenoxy) is 1. The predicted octanol–water partition coefficient (Wildman–Crippen LogP) is 3.68. The third-order valence-electron chi connectivity index (χ3n) is 4.32. The van der Waals surface area contributed by atoms with Crippen molar-refractivity contribution in [2.45, 2.75) is 13.8 Å². The molecule has 0 bridgehead atoms. The van der Waals surface area contributed by atoms with Crippen LogP contribution < -0.4 is 10.3 Å². The van der Waals surface area contributed by atoms with Crippen LogP contribution in [0.2, 0.25) is 0 Å². The SMILES string of the molecule is CCOc1ccc(/C=C\c2c(C(=O)O)nn(-c3cccc(C)c3)c(=O)c2C#N)cc1. The number of aryl methyl sites for hydroxylation is 1. The average Bonchev–Trinajstić information content (AvgIpc) is 2.73. The number of aromatic nitrogens is 2. The van der Waals surface area contributed by atoms with Crippen molar-refractivity contribution >= 4 is 18.1 Å². The van der Waals surface area contributed by atoms with Gasteiger partial charge in [-0.3, -0.25) is 4.79 Å². The van der Waals surface area contributed by atoms with E-state index >= 15 is 0 Å². The van der Waals surface area contributed by atoms with Crippen molar-refractivity contribution in [3.05, 3.63) is 86.8 Å². The van der Waals surface area contributed by atoms with Crippen LogP contribution in [0.25, 0.3) is 17.8 Å². The molecule has 1 N–H and O–H groups in total. The largest absolute Gasteiger partial charge is 0.494 e. The molecule has 1 aromatic heterocycles. The number of carbonyl (C=O) groups is 1. The van der Waals surface area contributed by atoms with Gasteiger partial charge in [0.1, 0.15) is 17.4 Å². The molecule has 7 nitrogen and oxygen atoms in total. The van der Waals surface area contributed by atoms with Crippen molar-refractivity contribution in [3.8, 4) is 17.5 Å². The summed E-state index contributed by atoms with van der Waals surface area (Å²) in [7, 11) is 0. The number of hydrogen-bond donors (Lipinski definition) is 1. The lowest BCUT2D eigenvalue weighted by atomic mass is 10.1. The van der Waals surface area contributed by atoms with Crippen molar-refractivity contribution in [2.75, 3.05) is 6.61 Å². The minimum atomic E-state index is -1.33. The fraction of sp³-hybridized carbons (Fsp3) is 0.130. The Morgan fingerprint density at radius 2 is 1.97 bits per heavy atom. The summed E-state index contributed by atoms with van der Waals surface area (Å²) in [5.74, 6) is -0.625. The molecule has 0 fully saturated rings. The van der Waals surface area contributed by atoms with Crippen molar-refractivity contribution in [1.29, 1.82) is 5.26 Å². The molecule has 30 heavy (non-hydrogen) atoms. The second-order valence-corrected chi connectivity index (χ2v) is 6.45. The second kappa shape index (κ2) is 8.88. The van der Waals surface area contributed by atoms with Crippen molar-refractivity contribution in [2.24, 2.45) is 0 Å². The Labute approximate surface area is 173 Å². The molecule has 0 saturated heterocycles. The van der Waals surface area contributed by atoms with Crippen LogP contribution in [0.4, 0.5) is 0 Å². The summed E-state index contributed by atoms with van der Waals surface area (Å²) in [6.45, 7) is 4.27. The van der Waals surface area contributed by atoms with Gasteiger partial charge in [0.15, 0.2) is 5.69 Å². The van der Waals surface area contributed by atoms with Gasteiger partial charge in [-0.15, -0.1) is 0 Å². The lowest BCUT2D eigenvalue weighted by Crippen LogP contribution is -2.28. The number of benzene rings is 2. The van der Waals surface area contributed by atoms with Crippen LogP contribution in [0.3, 0.4) is 0 Å². The normalized spacial score (nSPS) is 10.7. The first-order chi connectivity index (χ1) is 14.4. The van der Waals surface area contributed by atoms with Gasteiger partial charge in [0.2, 0.25) is 0 Å². The highest BCUT2D eigenvalue weighted by atomic mass is 16.5. The smallest absolute Gasteiger partial charge is 0.357 e. The first-order valence-corrected chi connectivity index (χ1v) is 9.23. The summed E-state index contributed by atoms with van der Waals surface area (Å²) in [6.07, 6.45) is 3.04. The van der Waals surface area contributed by atoms with E-state index in [0.717, 1.165) is 15.8 Å². The van der Waals surface area contributed by atoms with Crippen LogP contribution in [0.1, 0.15) is 39.7 Å². The Hall–Kier alpha value is -4.18. The number of carboxylic acid groups (broad SMARTS) is 1. The van der Waals surface area contributed by atoms with E-state index < -0.39 is 11.5 Å². The fourth-order valence-electron chi connectivity index (χ4n) is 2.92. The monoisotopic (exact) mass is 401 g/mol. The minimum absolute atomic E-state index is 0.0345. The average molecular weight is 401 g/mol. The van der Waals surface area contributed by atoms with Crippen molar-refractivity contribution in [3.63, 3.8) is 0 Å². The quantitative estimate of drug-likeness (QED) is 0.675. The van der Waals surface area contributed by atoms with E-state index in [4.69, 9.17) is 4.74 Å². The van der Waals surface area contributed by atoms with Crippen LogP contribution in [0.15, 0.2) is 53.3 Å². The molecule has 0 saturated carbocycles. The molecule has 0 radical (unpaired) electrons. The Bertz CT molecular complexity index is 1220. The maximum absolute atomic E-state index is 12.9. The molecular formula is C23H19N3O4. The summed E-state index contributed by atoms with van der Waals surface area (Å²) in [5.41, 5.74) is 0.631. The highest BCUT2D eigenvalue weighted by Gasteiger charge is 2.21. The summed E-state index contributed by atoms with van der Waals surface area (Å²) < 4.78 is 6.34. The van der Waals surface area contributed by atoms with E-state index in [9.17, 15) is 20.0 Å². The molecule has 3 rings (SSSR count). The fourth-order valence-corrected chi connectivity index (χ4v) is 2.92. The third-order valence-corrected chi connectivity index (χ3v) is 4.32. The first kappa shape index (κ1) is 20.6. The minimum Gasteiger partial charge on any atom is -0.494 e. The van der Waals surface area contributed by atoms with Gasteiger partial charge < -0.3 is 9.84 Å². The van der Waals surface area contributed by atoms with Gasteiger partial charge >= 0.3 is 5.97 Å². The Morgan fingerprint density at radius 3 is 2.57 bits per heavy atom. The summed E-state index contributed by atoms with van der Waals surface area (Å²) in [5, 5.41) is 23.3. The number of nitrogens with zero attached hydrogens (tertiary/aromatic N) is 3. The maximum atomic E-state index is 12.9. The number of nitriles is 1. The Kier molecular flexibility index (Phi) is 6.08. The number of aromatic carboxylic acids is 1. The Morgan fingerprint density at radius 1 is 1.23 bits per heavy atom. The molecule has 1 heterocycles. The highest BCUT2D eigenvalue weighted by molar-refractivity contribution is 5.92. The van der Waals surface area contributed by atoms with Gasteiger partial charge in [0, 0.05) is 5.56 Å². The summed E-state index contributed by atoms with van der Waals surface area (Å²) in [6, 6.07) is 15.9. The Balaban J connectivity index is 2.12. The van der Waals surface area contributed by atoms with Crippen LogP contribution in [0.5, 0.6) is 5.75 Å². The van der Waals surface area contributed by atoms with E-state index in [1.165, 1.54) is 6.08 Å². The molecule has 0 aliphatic rings. The molecule has 150 valence electrons. The lowest BCUT2D eigenvalue weighted by molar-refractivity contribution is 0.0688. The topological polar surface area (TPSA) is 105 Å². The van der Waals surface area contributed by atoms with Gasteiger partial charge in [-0.05, 0) is 49.2 Å². The number of rotatable bonds is 6. The van der Waals surface area contributed by atoms with Gasteiger partial charge in [0.25, 0.3) is 5.56 Å². The molecule has 0 aliphatic carbocycles. The molecule has 3 aromatic rings. The number of carboxylic acids is 1. The zero-order chi connectivity index (χ0) is 21.7. The van der Waals surface area contributed by atoms with Crippen molar-refractivity contribution < 1.29 is 14.6 Å². The van der Waals surface area contributed by atoms with E-state index in [-0.39, 0.29) is 16.8 Å². The lowest BCUT2D eigenvalue weighted by Gasteiger charge is -2.10. The molecule has 0 aliphatic heterocycles. The predicted molar refractivity (Wildman–Crippen MR) is 113 cm³/mol. The zero-order valence-electron chi connectivity index (χ0n) is 16.5. The molecule has 7 heteroatoms.